The summed E-state index contributed by atoms with van der Waals surface area (Å²) in [5.41, 5.74) is 4.36. The summed E-state index contributed by atoms with van der Waals surface area (Å²) in [6.45, 7) is 5.94. The number of likely N-dealkylation sites (N-methyl/N-ethyl adjacent to an activating group) is 1. The number of aryl methyl sites for hydroxylation is 3. The molecule has 0 fully saturated rings. The molecule has 6 nitrogen and oxygen atoms in total. The van der Waals surface area contributed by atoms with Gasteiger partial charge in [-0.05, 0) is 56.2 Å². The van der Waals surface area contributed by atoms with E-state index in [0.29, 0.717) is 16.4 Å². The van der Waals surface area contributed by atoms with Crippen LogP contribution in [-0.4, -0.2) is 29.3 Å². The second-order valence-electron chi connectivity index (χ2n) is 7.22. The summed E-state index contributed by atoms with van der Waals surface area (Å²) in [6, 6.07) is 10.7. The second-order valence-corrected chi connectivity index (χ2v) is 8.03. The van der Waals surface area contributed by atoms with Gasteiger partial charge in [-0.25, -0.2) is 0 Å². The zero-order valence-corrected chi connectivity index (χ0v) is 18.7. The topological polar surface area (TPSA) is 67.2 Å². The Bertz CT molecular complexity index is 1130. The lowest BCUT2D eigenvalue weighted by molar-refractivity contribution is -0.114. The third-order valence-corrected chi connectivity index (χ3v) is 5.31. The average Bonchev–Trinajstić information content (AvgIpc) is 2.67. The van der Waals surface area contributed by atoms with Crippen molar-refractivity contribution < 1.29 is 4.79 Å². The van der Waals surface area contributed by atoms with Gasteiger partial charge in [-0.1, -0.05) is 40.9 Å². The molecule has 156 valence electrons. The summed E-state index contributed by atoms with van der Waals surface area (Å²) in [5.74, 6) is -0.217. The van der Waals surface area contributed by atoms with E-state index < -0.39 is 5.56 Å². The minimum Gasteiger partial charge on any atom is -0.363 e. The highest BCUT2D eigenvalue weighted by atomic mass is 35.5. The zero-order chi connectivity index (χ0) is 22.0. The molecule has 0 aliphatic carbocycles. The molecule has 0 saturated carbocycles. The van der Waals surface area contributed by atoms with Crippen molar-refractivity contribution in [1.82, 2.24) is 9.78 Å². The van der Waals surface area contributed by atoms with Gasteiger partial charge in [0.25, 0.3) is 5.56 Å². The molecule has 8 heteroatoms. The Labute approximate surface area is 185 Å². The average molecular weight is 445 g/mol. The van der Waals surface area contributed by atoms with Gasteiger partial charge in [-0.15, -0.1) is 0 Å². The lowest BCUT2D eigenvalue weighted by Crippen LogP contribution is -2.33. The summed E-state index contributed by atoms with van der Waals surface area (Å²) in [7, 11) is 1.68. The normalized spacial score (nSPS) is 10.7. The van der Waals surface area contributed by atoms with Crippen LogP contribution in [0.3, 0.4) is 0 Å². The van der Waals surface area contributed by atoms with Crippen molar-refractivity contribution in [3.05, 3.63) is 79.7 Å². The van der Waals surface area contributed by atoms with Crippen LogP contribution in [0.2, 0.25) is 10.0 Å². The van der Waals surface area contributed by atoms with E-state index in [1.54, 1.807) is 36.2 Å². The molecule has 0 atom stereocenters. The standard InChI is InChI=1S/C22H22Cl2N4O2/c1-13-9-14(2)21(15(3)10-13)26-19(29)12-27(4)18-11-25-28(22(30)20(18)24)17-7-5-16(23)6-8-17/h5-11H,12H2,1-4H3,(H,26,29). The van der Waals surface area contributed by atoms with Crippen LogP contribution in [0.1, 0.15) is 16.7 Å². The number of carbonyl (C=O) groups is 1. The van der Waals surface area contributed by atoms with Crippen molar-refractivity contribution in [3.8, 4) is 5.69 Å². The third-order valence-electron chi connectivity index (χ3n) is 4.71. The van der Waals surface area contributed by atoms with Crippen LogP contribution >= 0.6 is 23.2 Å². The number of halogens is 2. The van der Waals surface area contributed by atoms with Crippen molar-refractivity contribution >= 4 is 40.5 Å². The molecule has 30 heavy (non-hydrogen) atoms. The van der Waals surface area contributed by atoms with E-state index in [9.17, 15) is 9.59 Å². The van der Waals surface area contributed by atoms with E-state index in [2.05, 4.69) is 10.4 Å². The zero-order valence-electron chi connectivity index (χ0n) is 17.2. The van der Waals surface area contributed by atoms with Gasteiger partial charge in [0.1, 0.15) is 5.02 Å². The summed E-state index contributed by atoms with van der Waals surface area (Å²) in [5, 5.41) is 7.67. The highest BCUT2D eigenvalue weighted by molar-refractivity contribution is 6.33. The number of amides is 1. The fourth-order valence-corrected chi connectivity index (χ4v) is 3.71. The van der Waals surface area contributed by atoms with E-state index >= 15 is 0 Å². The lowest BCUT2D eigenvalue weighted by Gasteiger charge is -2.21. The minimum atomic E-state index is -0.478. The Hall–Kier alpha value is -2.83. The SMILES string of the molecule is Cc1cc(C)c(NC(=O)CN(C)c2cnn(-c3ccc(Cl)cc3)c(=O)c2Cl)c(C)c1. The van der Waals surface area contributed by atoms with Crippen molar-refractivity contribution in [2.45, 2.75) is 20.8 Å². The van der Waals surface area contributed by atoms with Crippen LogP contribution in [-0.2, 0) is 4.79 Å². The Kier molecular flexibility index (Phi) is 6.48. The number of nitrogens with one attached hydrogen (secondary N) is 1. The molecule has 3 aromatic rings. The molecule has 0 aliphatic heterocycles. The Morgan fingerprint density at radius 2 is 1.70 bits per heavy atom. The number of hydrogen-bond acceptors (Lipinski definition) is 4. The number of nitrogens with zero attached hydrogens (tertiary/aromatic N) is 3. The first kappa shape index (κ1) is 21.9. The minimum absolute atomic E-state index is 0.0125. The molecular weight excluding hydrogens is 423 g/mol. The number of rotatable bonds is 5. The largest absolute Gasteiger partial charge is 0.363 e. The van der Waals surface area contributed by atoms with Gasteiger partial charge in [-0.2, -0.15) is 9.78 Å². The van der Waals surface area contributed by atoms with Crippen molar-refractivity contribution in [2.24, 2.45) is 0 Å². The first-order valence-corrected chi connectivity index (χ1v) is 10.1. The number of benzene rings is 2. The predicted octanol–water partition coefficient (Wildman–Crippen LogP) is 4.54. The fraction of sp³-hybridized carbons (Fsp3) is 0.227. The van der Waals surface area contributed by atoms with E-state index in [1.807, 2.05) is 32.9 Å². The molecule has 1 N–H and O–H groups in total. The molecule has 1 heterocycles. The maximum Gasteiger partial charge on any atom is 0.292 e. The molecule has 0 saturated heterocycles. The van der Waals surface area contributed by atoms with Gasteiger partial charge in [0.15, 0.2) is 0 Å². The van der Waals surface area contributed by atoms with Gasteiger partial charge in [-0.3, -0.25) is 9.59 Å². The van der Waals surface area contributed by atoms with Crippen LogP contribution in [0.25, 0.3) is 5.69 Å². The van der Waals surface area contributed by atoms with Crippen LogP contribution in [0.4, 0.5) is 11.4 Å². The second kappa shape index (κ2) is 8.90. The molecule has 0 radical (unpaired) electrons. The summed E-state index contributed by atoms with van der Waals surface area (Å²) < 4.78 is 1.19. The number of anilines is 2. The molecule has 3 rings (SSSR count). The van der Waals surface area contributed by atoms with E-state index in [0.717, 1.165) is 22.4 Å². The highest BCUT2D eigenvalue weighted by Gasteiger charge is 2.17. The van der Waals surface area contributed by atoms with Gasteiger partial charge >= 0.3 is 0 Å². The van der Waals surface area contributed by atoms with Crippen LogP contribution in [0, 0.1) is 20.8 Å². The maximum atomic E-state index is 12.7. The molecule has 0 aliphatic rings. The van der Waals surface area contributed by atoms with Crippen LogP contribution in [0.5, 0.6) is 0 Å². The molecule has 0 spiro atoms. The van der Waals surface area contributed by atoms with Gasteiger partial charge in [0.2, 0.25) is 5.91 Å². The van der Waals surface area contributed by atoms with Gasteiger partial charge in [0.05, 0.1) is 24.1 Å². The van der Waals surface area contributed by atoms with Crippen molar-refractivity contribution in [1.29, 1.82) is 0 Å². The van der Waals surface area contributed by atoms with E-state index in [1.165, 1.54) is 10.9 Å². The molecule has 1 amide bonds. The lowest BCUT2D eigenvalue weighted by atomic mass is 10.1. The molecule has 2 aromatic carbocycles. The van der Waals surface area contributed by atoms with Crippen LogP contribution in [0.15, 0.2) is 47.4 Å². The summed E-state index contributed by atoms with van der Waals surface area (Å²) >= 11 is 12.2. The number of aromatic nitrogens is 2. The van der Waals surface area contributed by atoms with E-state index in [-0.39, 0.29) is 17.5 Å². The molecule has 1 aromatic heterocycles. The van der Waals surface area contributed by atoms with Gasteiger partial charge < -0.3 is 10.2 Å². The monoisotopic (exact) mass is 444 g/mol. The summed E-state index contributed by atoms with van der Waals surface area (Å²) in [4.78, 5) is 26.9. The molecule has 0 bridgehead atoms. The number of hydrogen-bond donors (Lipinski definition) is 1. The smallest absolute Gasteiger partial charge is 0.292 e. The maximum absolute atomic E-state index is 12.7. The predicted molar refractivity (Wildman–Crippen MR) is 122 cm³/mol. The Morgan fingerprint density at radius 3 is 2.30 bits per heavy atom. The number of carbonyl (C=O) groups excluding carboxylic acids is 1. The quantitative estimate of drug-likeness (QED) is 0.626. The first-order valence-electron chi connectivity index (χ1n) is 9.30. The van der Waals surface area contributed by atoms with Gasteiger partial charge in [0, 0.05) is 17.8 Å². The highest BCUT2D eigenvalue weighted by Crippen LogP contribution is 2.23. The fourth-order valence-electron chi connectivity index (χ4n) is 3.31. The Balaban J connectivity index is 1.79. The van der Waals surface area contributed by atoms with E-state index in [4.69, 9.17) is 23.2 Å². The van der Waals surface area contributed by atoms with Crippen LogP contribution < -0.4 is 15.8 Å². The first-order chi connectivity index (χ1) is 14.2. The Morgan fingerprint density at radius 1 is 1.10 bits per heavy atom. The molecular formula is C22H22Cl2N4O2. The van der Waals surface area contributed by atoms with Crippen molar-refractivity contribution in [2.75, 3.05) is 23.8 Å². The third kappa shape index (κ3) is 4.66. The summed E-state index contributed by atoms with van der Waals surface area (Å²) in [6.07, 6.45) is 1.47. The van der Waals surface area contributed by atoms with Crippen molar-refractivity contribution in [3.63, 3.8) is 0 Å². The molecule has 0 unspecified atom stereocenters.